The van der Waals surface area contributed by atoms with Gasteiger partial charge in [-0.25, -0.2) is 15.0 Å². The number of amides is 3. The van der Waals surface area contributed by atoms with E-state index in [1.165, 1.54) is 24.7 Å². The Hall–Kier alpha value is -4.02. The molecular weight excluding hydrogens is 360 g/mol. The van der Waals surface area contributed by atoms with Gasteiger partial charge in [-0.1, -0.05) is 12.1 Å². The van der Waals surface area contributed by atoms with Crippen molar-refractivity contribution in [3.63, 3.8) is 0 Å². The largest absolute Gasteiger partial charge is 0.431 e. The molecular formula is C16H16N4O7. The molecule has 0 bridgehead atoms. The molecule has 4 heterocycles. The first kappa shape index (κ1) is 21.0. The molecule has 0 atom stereocenters. The van der Waals surface area contributed by atoms with Crippen molar-refractivity contribution in [2.45, 2.75) is 12.8 Å². The average molecular weight is 376 g/mol. The minimum absolute atomic E-state index is 0.0185. The van der Waals surface area contributed by atoms with E-state index in [1.54, 1.807) is 30.5 Å². The molecule has 11 nitrogen and oxygen atoms in total. The highest BCUT2D eigenvalue weighted by Crippen LogP contribution is 1.83. The summed E-state index contributed by atoms with van der Waals surface area (Å²) in [5.41, 5.74) is 5.91. The second-order valence-electron chi connectivity index (χ2n) is 4.57. The smallest absolute Gasteiger partial charge is 0.335 e. The molecule has 0 spiro atoms. The van der Waals surface area contributed by atoms with E-state index in [0.717, 1.165) is 0 Å². The van der Waals surface area contributed by atoms with Gasteiger partial charge in [-0.05, 0) is 12.1 Å². The topological polar surface area (TPSA) is 160 Å². The Morgan fingerprint density at radius 1 is 0.741 bits per heavy atom. The van der Waals surface area contributed by atoms with Gasteiger partial charge >= 0.3 is 11.3 Å². The maximum Gasteiger partial charge on any atom is 0.335 e. The Bertz CT molecular complexity index is 784. The summed E-state index contributed by atoms with van der Waals surface area (Å²) in [6, 6.07) is 9.29. The molecule has 2 aliphatic rings. The zero-order valence-corrected chi connectivity index (χ0v) is 13.9. The Morgan fingerprint density at radius 2 is 1.26 bits per heavy atom. The van der Waals surface area contributed by atoms with Gasteiger partial charge in [0.05, 0.1) is 18.9 Å². The third kappa shape index (κ3) is 11.2. The fourth-order valence-electron chi connectivity index (χ4n) is 1.32. The van der Waals surface area contributed by atoms with E-state index in [4.69, 9.17) is 0 Å². The first-order chi connectivity index (χ1) is 13.0. The highest BCUT2D eigenvalue weighted by atomic mass is 16.4. The van der Waals surface area contributed by atoms with Crippen LogP contribution in [0.3, 0.4) is 0 Å². The summed E-state index contributed by atoms with van der Waals surface area (Å²) in [7, 11) is 0. The molecule has 4 rings (SSSR count). The van der Waals surface area contributed by atoms with Crippen molar-refractivity contribution in [1.82, 2.24) is 16.3 Å². The summed E-state index contributed by atoms with van der Waals surface area (Å²) in [5.74, 6) is -0.537. The summed E-state index contributed by atoms with van der Waals surface area (Å²) in [4.78, 5) is 50.3. The predicted octanol–water partition coefficient (Wildman–Crippen LogP) is -0.691. The van der Waals surface area contributed by atoms with Gasteiger partial charge in [0.15, 0.2) is 0 Å². The average Bonchev–Trinajstić information content (AvgIpc) is 3.28. The van der Waals surface area contributed by atoms with Gasteiger partial charge in [0.2, 0.25) is 17.7 Å². The molecule has 2 aliphatic heterocycles. The molecule has 0 unspecified atom stereocenters. The molecule has 27 heavy (non-hydrogen) atoms. The summed E-state index contributed by atoms with van der Waals surface area (Å²) < 4.78 is 8.74. The summed E-state index contributed by atoms with van der Waals surface area (Å²) in [5, 5.41) is 3.44. The standard InChI is InChI=1S/2C5H4O2.C3H4N2O2.C3H4N2O/c2*6-5-3-1-2-4-7-5;6-2-1-3(7)5-4-2;6-3-1-2-4-5-3/h2*1-4H;1H2,(H,4,6)(H,5,7);2H,1H2,(H,5,6). The molecule has 0 radical (unpaired) electrons. The zero-order chi connectivity index (χ0) is 19.9. The lowest BCUT2D eigenvalue weighted by atomic mass is 10.4. The van der Waals surface area contributed by atoms with Crippen LogP contribution < -0.4 is 27.5 Å². The number of hydrazone groups is 1. The van der Waals surface area contributed by atoms with E-state index in [2.05, 4.69) is 30.2 Å². The number of hydrogen-bond donors (Lipinski definition) is 3. The van der Waals surface area contributed by atoms with Crippen molar-refractivity contribution >= 4 is 23.9 Å². The molecule has 3 amide bonds. The maximum absolute atomic E-state index is 10.1. The molecule has 2 aromatic rings. The maximum atomic E-state index is 10.1. The second kappa shape index (κ2) is 12.4. The minimum Gasteiger partial charge on any atom is -0.431 e. The van der Waals surface area contributed by atoms with Gasteiger partial charge in [0.1, 0.15) is 6.42 Å². The Labute approximate surface area is 152 Å². The predicted molar refractivity (Wildman–Crippen MR) is 92.1 cm³/mol. The van der Waals surface area contributed by atoms with Gasteiger partial charge in [0, 0.05) is 18.3 Å². The summed E-state index contributed by atoms with van der Waals surface area (Å²) >= 11 is 0. The van der Waals surface area contributed by atoms with E-state index in [-0.39, 0.29) is 35.4 Å². The number of nitrogens with one attached hydrogen (secondary N) is 3. The highest BCUT2D eigenvalue weighted by Gasteiger charge is 2.15. The fraction of sp³-hybridized carbons (Fsp3) is 0.125. The van der Waals surface area contributed by atoms with Crippen molar-refractivity contribution < 1.29 is 23.2 Å². The Balaban J connectivity index is 0.000000180. The number of carbonyl (C=O) groups is 3. The highest BCUT2D eigenvalue weighted by molar-refractivity contribution is 6.01. The molecule has 11 heteroatoms. The molecule has 3 N–H and O–H groups in total. The monoisotopic (exact) mass is 376 g/mol. The molecule has 0 aromatic carbocycles. The van der Waals surface area contributed by atoms with Crippen LogP contribution in [0.4, 0.5) is 0 Å². The van der Waals surface area contributed by atoms with Crippen molar-refractivity contribution in [1.29, 1.82) is 0 Å². The van der Waals surface area contributed by atoms with Crippen LogP contribution in [0, 0.1) is 0 Å². The lowest BCUT2D eigenvalue weighted by Gasteiger charge is -1.83. The van der Waals surface area contributed by atoms with Crippen molar-refractivity contribution in [2.75, 3.05) is 0 Å². The molecule has 0 saturated carbocycles. The van der Waals surface area contributed by atoms with E-state index in [0.29, 0.717) is 6.42 Å². The van der Waals surface area contributed by atoms with Gasteiger partial charge in [0.25, 0.3) is 0 Å². The fourth-order valence-corrected chi connectivity index (χ4v) is 1.32. The van der Waals surface area contributed by atoms with Gasteiger partial charge in [-0.15, -0.1) is 0 Å². The first-order valence-corrected chi connectivity index (χ1v) is 7.43. The Morgan fingerprint density at radius 3 is 1.41 bits per heavy atom. The molecule has 1 fully saturated rings. The number of hydrazine groups is 1. The number of nitrogens with zero attached hydrogens (tertiary/aromatic N) is 1. The van der Waals surface area contributed by atoms with Crippen LogP contribution in [0.1, 0.15) is 12.8 Å². The zero-order valence-electron chi connectivity index (χ0n) is 13.9. The Kier molecular flexibility index (Phi) is 9.62. The van der Waals surface area contributed by atoms with Crippen LogP contribution in [0.5, 0.6) is 0 Å². The third-order valence-electron chi connectivity index (χ3n) is 2.43. The summed E-state index contributed by atoms with van der Waals surface area (Å²) in [6.45, 7) is 0. The van der Waals surface area contributed by atoms with E-state index < -0.39 is 0 Å². The van der Waals surface area contributed by atoms with Crippen LogP contribution >= 0.6 is 0 Å². The molecule has 1 saturated heterocycles. The molecule has 2 aromatic heterocycles. The van der Waals surface area contributed by atoms with Gasteiger partial charge < -0.3 is 8.83 Å². The number of hydrogen-bond acceptors (Lipinski definition) is 8. The van der Waals surface area contributed by atoms with E-state index in [1.807, 2.05) is 0 Å². The van der Waals surface area contributed by atoms with Crippen molar-refractivity contribution in [2.24, 2.45) is 5.10 Å². The van der Waals surface area contributed by atoms with Crippen LogP contribution in [-0.2, 0) is 14.4 Å². The van der Waals surface area contributed by atoms with E-state index >= 15 is 0 Å². The third-order valence-corrected chi connectivity index (χ3v) is 2.43. The van der Waals surface area contributed by atoms with Crippen LogP contribution in [-0.4, -0.2) is 23.9 Å². The van der Waals surface area contributed by atoms with Crippen LogP contribution in [0.15, 0.2) is 72.4 Å². The minimum atomic E-state index is -0.303. The first-order valence-electron chi connectivity index (χ1n) is 7.43. The van der Waals surface area contributed by atoms with Crippen molar-refractivity contribution in [3.05, 3.63) is 69.8 Å². The second-order valence-corrected chi connectivity index (χ2v) is 4.57. The van der Waals surface area contributed by atoms with Gasteiger partial charge in [-0.3, -0.25) is 25.2 Å². The quantitative estimate of drug-likeness (QED) is 0.513. The normalized spacial score (nSPS) is 13.4. The molecule has 0 aliphatic carbocycles. The summed E-state index contributed by atoms with van der Waals surface area (Å²) in [6.07, 6.45) is 4.66. The lowest BCUT2D eigenvalue weighted by molar-refractivity contribution is -0.122. The SMILES string of the molecule is O=C1CC(=O)NN1.O=C1CC=NN1.O=c1cccco1.O=c1cccco1. The van der Waals surface area contributed by atoms with Crippen LogP contribution in [0.25, 0.3) is 0 Å². The van der Waals surface area contributed by atoms with Crippen molar-refractivity contribution in [3.8, 4) is 0 Å². The number of rotatable bonds is 0. The molecule has 142 valence electrons. The van der Waals surface area contributed by atoms with E-state index in [9.17, 15) is 24.0 Å². The number of carbonyl (C=O) groups excluding carboxylic acids is 3. The lowest BCUT2D eigenvalue weighted by Crippen LogP contribution is -2.28. The van der Waals surface area contributed by atoms with Gasteiger partial charge in [-0.2, -0.15) is 5.10 Å². The van der Waals surface area contributed by atoms with Crippen LogP contribution in [0.2, 0.25) is 0 Å².